The van der Waals surface area contributed by atoms with E-state index in [0.717, 1.165) is 45.1 Å². The van der Waals surface area contributed by atoms with Gasteiger partial charge in [-0.1, -0.05) is 6.92 Å². The number of likely N-dealkylation sites (tertiary alicyclic amines) is 1. The number of anilines is 1. The molecule has 3 N–H and O–H groups in total. The summed E-state index contributed by atoms with van der Waals surface area (Å²) in [4.78, 5) is 17.2. The fraction of sp³-hybridized carbons (Fsp3) is 0.650. The molecular weight excluding hydrogens is 449 g/mol. The summed E-state index contributed by atoms with van der Waals surface area (Å²) in [5, 5.41) is 3.35. The van der Waals surface area contributed by atoms with E-state index in [4.69, 9.17) is 5.73 Å². The van der Waals surface area contributed by atoms with Crippen LogP contribution in [0.2, 0.25) is 0 Å². The summed E-state index contributed by atoms with van der Waals surface area (Å²) in [7, 11) is 0. The van der Waals surface area contributed by atoms with Crippen molar-refractivity contribution in [1.82, 2.24) is 15.1 Å². The highest BCUT2D eigenvalue weighted by molar-refractivity contribution is 9.10. The van der Waals surface area contributed by atoms with Gasteiger partial charge in [0.15, 0.2) is 0 Å². The van der Waals surface area contributed by atoms with Gasteiger partial charge in [0.25, 0.3) is 0 Å². The number of carbonyl (C=O) groups is 1. The van der Waals surface area contributed by atoms with Crippen LogP contribution in [0.25, 0.3) is 0 Å². The van der Waals surface area contributed by atoms with Crippen molar-refractivity contribution in [2.45, 2.75) is 38.4 Å². The van der Waals surface area contributed by atoms with Gasteiger partial charge < -0.3 is 16.0 Å². The average Bonchev–Trinajstić information content (AvgIpc) is 2.70. The molecule has 2 fully saturated rings. The summed E-state index contributed by atoms with van der Waals surface area (Å²) in [6, 6.07) is 3.14. The molecule has 2 aliphatic rings. The first kappa shape index (κ1) is 22.4. The zero-order chi connectivity index (χ0) is 21.2. The fourth-order valence-corrected chi connectivity index (χ4v) is 4.79. The van der Waals surface area contributed by atoms with Gasteiger partial charge in [-0.25, -0.2) is 0 Å². The van der Waals surface area contributed by atoms with Crippen LogP contribution in [0.4, 0.5) is 18.9 Å². The SMILES string of the molecule is C[C@H](Cc1cc(Br)c(N)c(C(F)(F)F)c1)C(=O)N1CCC(N2CCNCC2)CC1. The van der Waals surface area contributed by atoms with Gasteiger partial charge in [-0.05, 0) is 52.9 Å². The van der Waals surface area contributed by atoms with Gasteiger partial charge in [0, 0.05) is 55.7 Å². The molecule has 0 unspecified atom stereocenters. The molecule has 29 heavy (non-hydrogen) atoms. The average molecular weight is 477 g/mol. The number of nitrogen functional groups attached to an aromatic ring is 1. The third-order valence-electron chi connectivity index (χ3n) is 5.90. The van der Waals surface area contributed by atoms with Crippen LogP contribution < -0.4 is 11.1 Å². The van der Waals surface area contributed by atoms with Crippen molar-refractivity contribution in [1.29, 1.82) is 0 Å². The van der Waals surface area contributed by atoms with Crippen molar-refractivity contribution in [3.63, 3.8) is 0 Å². The van der Waals surface area contributed by atoms with E-state index < -0.39 is 11.7 Å². The summed E-state index contributed by atoms with van der Waals surface area (Å²) >= 11 is 3.11. The molecule has 0 radical (unpaired) electrons. The predicted octanol–water partition coefficient (Wildman–Crippen LogP) is 3.12. The third kappa shape index (κ3) is 5.44. The Morgan fingerprint density at radius 3 is 2.45 bits per heavy atom. The Morgan fingerprint density at radius 1 is 1.24 bits per heavy atom. The van der Waals surface area contributed by atoms with Gasteiger partial charge >= 0.3 is 6.18 Å². The second kappa shape index (κ2) is 9.22. The van der Waals surface area contributed by atoms with Crippen molar-refractivity contribution in [3.8, 4) is 0 Å². The Bertz CT molecular complexity index is 729. The number of rotatable bonds is 4. The molecular formula is C20H28BrF3N4O. The number of nitrogens with two attached hydrogens (primary N) is 1. The van der Waals surface area contributed by atoms with E-state index in [0.29, 0.717) is 24.7 Å². The van der Waals surface area contributed by atoms with Gasteiger partial charge in [-0.3, -0.25) is 9.69 Å². The quantitative estimate of drug-likeness (QED) is 0.655. The first-order valence-electron chi connectivity index (χ1n) is 10.1. The zero-order valence-corrected chi connectivity index (χ0v) is 18.2. The Hall–Kier alpha value is -1.32. The lowest BCUT2D eigenvalue weighted by Gasteiger charge is -2.41. The molecule has 3 rings (SSSR count). The fourth-order valence-electron chi connectivity index (χ4n) is 4.28. The smallest absolute Gasteiger partial charge is 0.397 e. The number of halogens is 4. The molecule has 0 bridgehead atoms. The molecule has 162 valence electrons. The molecule has 1 aromatic carbocycles. The van der Waals surface area contributed by atoms with Crippen LogP contribution in [0.1, 0.15) is 30.9 Å². The topological polar surface area (TPSA) is 61.6 Å². The predicted molar refractivity (Wildman–Crippen MR) is 110 cm³/mol. The highest BCUT2D eigenvalue weighted by atomic mass is 79.9. The maximum atomic E-state index is 13.2. The maximum absolute atomic E-state index is 13.2. The maximum Gasteiger partial charge on any atom is 0.418 e. The number of benzene rings is 1. The van der Waals surface area contributed by atoms with Crippen LogP contribution >= 0.6 is 15.9 Å². The number of nitrogens with zero attached hydrogens (tertiary/aromatic N) is 2. The second-order valence-corrected chi connectivity index (χ2v) is 8.84. The van der Waals surface area contributed by atoms with Crippen LogP contribution in [0.3, 0.4) is 0 Å². The molecule has 1 aromatic rings. The normalized spacial score (nSPS) is 20.7. The van der Waals surface area contributed by atoms with Gasteiger partial charge in [-0.15, -0.1) is 0 Å². The molecule has 0 saturated carbocycles. The van der Waals surface area contributed by atoms with Crippen LogP contribution in [0.15, 0.2) is 16.6 Å². The minimum Gasteiger partial charge on any atom is -0.397 e. The number of piperidine rings is 1. The lowest BCUT2D eigenvalue weighted by Crippen LogP contribution is -2.53. The molecule has 1 amide bonds. The van der Waals surface area contributed by atoms with E-state index in [1.54, 1.807) is 13.0 Å². The Kier molecular flexibility index (Phi) is 7.11. The van der Waals surface area contributed by atoms with Crippen LogP contribution in [0, 0.1) is 5.92 Å². The number of piperazine rings is 1. The molecule has 1 atom stereocenters. The molecule has 0 aliphatic carbocycles. The van der Waals surface area contributed by atoms with Gasteiger partial charge in [0.2, 0.25) is 5.91 Å². The van der Waals surface area contributed by atoms with E-state index in [1.807, 2.05) is 4.90 Å². The van der Waals surface area contributed by atoms with E-state index in [2.05, 4.69) is 26.1 Å². The highest BCUT2D eigenvalue weighted by Crippen LogP contribution is 2.38. The van der Waals surface area contributed by atoms with Crippen LogP contribution in [-0.2, 0) is 17.4 Å². The number of amides is 1. The van der Waals surface area contributed by atoms with E-state index in [9.17, 15) is 18.0 Å². The Labute approximate surface area is 177 Å². The number of alkyl halides is 3. The van der Waals surface area contributed by atoms with E-state index in [-0.39, 0.29) is 28.4 Å². The van der Waals surface area contributed by atoms with E-state index in [1.165, 1.54) is 0 Å². The summed E-state index contributed by atoms with van der Waals surface area (Å²) in [5.41, 5.74) is 4.84. The standard InChI is InChI=1S/C20H28BrF3N4O/c1-13(10-14-11-16(20(22,23)24)18(25)17(21)12-14)19(29)28-6-2-15(3-7-28)27-8-4-26-5-9-27/h11-13,15,26H,2-10,25H2,1H3/t13-/m1/s1. The van der Waals surface area contributed by atoms with Crippen molar-refractivity contribution in [2.75, 3.05) is 45.0 Å². The van der Waals surface area contributed by atoms with E-state index >= 15 is 0 Å². The van der Waals surface area contributed by atoms with Crippen LogP contribution in [0.5, 0.6) is 0 Å². The summed E-state index contributed by atoms with van der Waals surface area (Å²) in [6.07, 6.45) is -2.38. The largest absolute Gasteiger partial charge is 0.418 e. The molecule has 0 aromatic heterocycles. The minimum absolute atomic E-state index is 0.00488. The molecule has 2 heterocycles. The third-order valence-corrected chi connectivity index (χ3v) is 6.56. The summed E-state index contributed by atoms with van der Waals surface area (Å²) in [5.74, 6) is -0.382. The molecule has 2 aliphatic heterocycles. The number of carbonyl (C=O) groups excluding carboxylic acids is 1. The monoisotopic (exact) mass is 476 g/mol. The first-order chi connectivity index (χ1) is 13.7. The summed E-state index contributed by atoms with van der Waals surface area (Å²) < 4.78 is 39.8. The Balaban J connectivity index is 1.59. The molecule has 9 heteroatoms. The Morgan fingerprint density at radius 2 is 1.86 bits per heavy atom. The lowest BCUT2D eigenvalue weighted by atomic mass is 9.95. The molecule has 2 saturated heterocycles. The van der Waals surface area contributed by atoms with Gasteiger partial charge in [-0.2, -0.15) is 13.2 Å². The van der Waals surface area contributed by atoms with Crippen molar-refractivity contribution in [3.05, 3.63) is 27.7 Å². The van der Waals surface area contributed by atoms with Crippen molar-refractivity contribution >= 4 is 27.5 Å². The zero-order valence-electron chi connectivity index (χ0n) is 16.6. The van der Waals surface area contributed by atoms with Crippen LogP contribution in [-0.4, -0.2) is 61.0 Å². The molecule has 5 nitrogen and oxygen atoms in total. The lowest BCUT2D eigenvalue weighted by molar-refractivity contribution is -0.137. The number of hydrogen-bond acceptors (Lipinski definition) is 4. The minimum atomic E-state index is -4.53. The van der Waals surface area contributed by atoms with Crippen molar-refractivity contribution in [2.24, 2.45) is 5.92 Å². The number of hydrogen-bond donors (Lipinski definition) is 2. The highest BCUT2D eigenvalue weighted by Gasteiger charge is 2.35. The van der Waals surface area contributed by atoms with Crippen molar-refractivity contribution < 1.29 is 18.0 Å². The second-order valence-electron chi connectivity index (χ2n) is 7.98. The molecule has 0 spiro atoms. The number of nitrogens with one attached hydrogen (secondary N) is 1. The summed E-state index contributed by atoms with van der Waals surface area (Å²) in [6.45, 7) is 7.29. The van der Waals surface area contributed by atoms with Gasteiger partial charge in [0.05, 0.1) is 11.3 Å². The first-order valence-corrected chi connectivity index (χ1v) is 10.8. The van der Waals surface area contributed by atoms with Gasteiger partial charge in [0.1, 0.15) is 0 Å².